The monoisotopic (exact) mass is 255 g/mol. The van der Waals surface area contributed by atoms with E-state index >= 15 is 0 Å². The maximum absolute atomic E-state index is 3.65. The van der Waals surface area contributed by atoms with Crippen LogP contribution in [-0.4, -0.2) is 18.3 Å². The number of thiophene rings is 1. The lowest BCUT2D eigenvalue weighted by Gasteiger charge is -2.20. The molecule has 1 atom stereocenters. The zero-order chi connectivity index (χ0) is 11.4. The maximum Gasteiger partial charge on any atom is 0.0193 e. The van der Waals surface area contributed by atoms with Gasteiger partial charge in [-0.2, -0.15) is 23.1 Å². The van der Waals surface area contributed by atoms with Gasteiger partial charge in [-0.05, 0) is 47.6 Å². The molecule has 0 amide bonds. The summed E-state index contributed by atoms with van der Waals surface area (Å²) in [6.07, 6.45) is 2.81. The predicted octanol–water partition coefficient (Wildman–Crippen LogP) is 3.76. The molecular formula is C13H21NS2. The van der Waals surface area contributed by atoms with Gasteiger partial charge in [-0.15, -0.1) is 0 Å². The summed E-state index contributed by atoms with van der Waals surface area (Å²) in [6, 6.07) is 2.91. The highest BCUT2D eigenvalue weighted by Crippen LogP contribution is 2.47. The Bertz CT molecular complexity index is 304. The lowest BCUT2D eigenvalue weighted by molar-refractivity contribution is 0.390. The summed E-state index contributed by atoms with van der Waals surface area (Å²) in [6.45, 7) is 5.87. The van der Waals surface area contributed by atoms with E-state index in [4.69, 9.17) is 0 Å². The molecule has 3 heteroatoms. The summed E-state index contributed by atoms with van der Waals surface area (Å²) in [5.41, 5.74) is 2.08. The predicted molar refractivity (Wildman–Crippen MR) is 75.3 cm³/mol. The van der Waals surface area contributed by atoms with Crippen molar-refractivity contribution < 1.29 is 0 Å². The van der Waals surface area contributed by atoms with Crippen LogP contribution in [0.25, 0.3) is 0 Å². The Morgan fingerprint density at radius 1 is 1.56 bits per heavy atom. The van der Waals surface area contributed by atoms with E-state index in [2.05, 4.69) is 36.0 Å². The molecule has 1 aromatic heterocycles. The van der Waals surface area contributed by atoms with Crippen LogP contribution in [0.4, 0.5) is 0 Å². The van der Waals surface area contributed by atoms with E-state index in [1.54, 1.807) is 11.3 Å². The lowest BCUT2D eigenvalue weighted by Crippen LogP contribution is -2.34. The molecule has 1 aliphatic carbocycles. The topological polar surface area (TPSA) is 12.0 Å². The van der Waals surface area contributed by atoms with Gasteiger partial charge in [-0.3, -0.25) is 0 Å². The zero-order valence-corrected chi connectivity index (χ0v) is 11.8. The number of hydrogen-bond donors (Lipinski definition) is 1. The van der Waals surface area contributed by atoms with Gasteiger partial charge in [0.1, 0.15) is 0 Å². The van der Waals surface area contributed by atoms with Crippen molar-refractivity contribution in [2.45, 2.75) is 38.5 Å². The van der Waals surface area contributed by atoms with Crippen molar-refractivity contribution in [3.8, 4) is 0 Å². The third kappa shape index (κ3) is 3.51. The molecule has 0 radical (unpaired) electrons. The van der Waals surface area contributed by atoms with Crippen molar-refractivity contribution in [3.05, 3.63) is 22.4 Å². The maximum atomic E-state index is 3.65. The van der Waals surface area contributed by atoms with E-state index in [1.807, 2.05) is 11.8 Å². The van der Waals surface area contributed by atoms with Crippen LogP contribution in [0.1, 0.15) is 32.3 Å². The van der Waals surface area contributed by atoms with Gasteiger partial charge in [0.15, 0.2) is 0 Å². The second-order valence-electron chi connectivity index (χ2n) is 5.01. The van der Waals surface area contributed by atoms with Gasteiger partial charge in [0.05, 0.1) is 0 Å². The molecule has 1 saturated carbocycles. The highest BCUT2D eigenvalue weighted by atomic mass is 32.2. The van der Waals surface area contributed by atoms with Gasteiger partial charge in [0, 0.05) is 24.1 Å². The molecule has 0 spiro atoms. The van der Waals surface area contributed by atoms with Crippen molar-refractivity contribution >= 4 is 23.1 Å². The zero-order valence-electron chi connectivity index (χ0n) is 10.2. The van der Waals surface area contributed by atoms with E-state index in [0.29, 0.717) is 11.5 Å². The van der Waals surface area contributed by atoms with Crippen LogP contribution in [-0.2, 0) is 5.75 Å². The van der Waals surface area contributed by atoms with E-state index in [9.17, 15) is 0 Å². The summed E-state index contributed by atoms with van der Waals surface area (Å²) in [5.74, 6) is 2.38. The summed E-state index contributed by atoms with van der Waals surface area (Å²) < 4.78 is 0. The minimum absolute atomic E-state index is 0.609. The Labute approximate surface area is 107 Å². The molecule has 2 rings (SSSR count). The van der Waals surface area contributed by atoms with Gasteiger partial charge in [-0.1, -0.05) is 6.92 Å². The number of thioether (sulfide) groups is 1. The van der Waals surface area contributed by atoms with E-state index < -0.39 is 0 Å². The SMILES string of the molecule is CC(NCCSCc1ccsc1)C1(C)CC1. The first-order valence-corrected chi connectivity index (χ1v) is 8.13. The molecular weight excluding hydrogens is 234 g/mol. The fourth-order valence-electron chi connectivity index (χ4n) is 1.79. The first-order chi connectivity index (χ1) is 7.71. The first kappa shape index (κ1) is 12.5. The van der Waals surface area contributed by atoms with Crippen LogP contribution in [0.5, 0.6) is 0 Å². The molecule has 1 aromatic rings. The van der Waals surface area contributed by atoms with Gasteiger partial charge in [-0.25, -0.2) is 0 Å². The van der Waals surface area contributed by atoms with Crippen molar-refractivity contribution in [3.63, 3.8) is 0 Å². The smallest absolute Gasteiger partial charge is 0.0193 e. The van der Waals surface area contributed by atoms with Crippen molar-refractivity contribution in [1.82, 2.24) is 5.32 Å². The van der Waals surface area contributed by atoms with Gasteiger partial charge >= 0.3 is 0 Å². The second kappa shape index (κ2) is 5.56. The molecule has 90 valence electrons. The van der Waals surface area contributed by atoms with Gasteiger partial charge < -0.3 is 5.32 Å². The average molecular weight is 255 g/mol. The molecule has 16 heavy (non-hydrogen) atoms. The number of hydrogen-bond acceptors (Lipinski definition) is 3. The molecule has 0 aliphatic heterocycles. The largest absolute Gasteiger partial charge is 0.313 e. The first-order valence-electron chi connectivity index (χ1n) is 6.03. The Hall–Kier alpha value is 0.01000. The van der Waals surface area contributed by atoms with Gasteiger partial charge in [0.2, 0.25) is 0 Å². The number of rotatable bonds is 7. The minimum Gasteiger partial charge on any atom is -0.313 e. The highest BCUT2D eigenvalue weighted by molar-refractivity contribution is 7.98. The Kier molecular flexibility index (Phi) is 4.34. The van der Waals surface area contributed by atoms with Crippen LogP contribution < -0.4 is 5.32 Å². The van der Waals surface area contributed by atoms with E-state index in [0.717, 1.165) is 12.3 Å². The normalized spacial score (nSPS) is 19.6. The van der Waals surface area contributed by atoms with Crippen molar-refractivity contribution in [2.75, 3.05) is 12.3 Å². The average Bonchev–Trinajstić information content (AvgIpc) is 2.81. The fraction of sp³-hybridized carbons (Fsp3) is 0.692. The Morgan fingerprint density at radius 2 is 2.38 bits per heavy atom. The summed E-state index contributed by atoms with van der Waals surface area (Å²) in [5, 5.41) is 8.05. The molecule has 1 fully saturated rings. The highest BCUT2D eigenvalue weighted by Gasteiger charge is 2.41. The van der Waals surface area contributed by atoms with Crippen LogP contribution >= 0.6 is 23.1 Å². The van der Waals surface area contributed by atoms with Crippen LogP contribution in [0, 0.1) is 5.41 Å². The quantitative estimate of drug-likeness (QED) is 0.745. The van der Waals surface area contributed by atoms with E-state index in [-0.39, 0.29) is 0 Å². The summed E-state index contributed by atoms with van der Waals surface area (Å²) in [7, 11) is 0. The lowest BCUT2D eigenvalue weighted by atomic mass is 10.0. The summed E-state index contributed by atoms with van der Waals surface area (Å²) >= 11 is 3.82. The van der Waals surface area contributed by atoms with Crippen LogP contribution in [0.2, 0.25) is 0 Å². The van der Waals surface area contributed by atoms with Crippen molar-refractivity contribution in [1.29, 1.82) is 0 Å². The number of nitrogens with one attached hydrogen (secondary N) is 1. The second-order valence-corrected chi connectivity index (χ2v) is 6.90. The molecule has 1 unspecified atom stereocenters. The summed E-state index contributed by atoms with van der Waals surface area (Å²) in [4.78, 5) is 0. The molecule has 0 saturated heterocycles. The van der Waals surface area contributed by atoms with E-state index in [1.165, 1.54) is 24.2 Å². The van der Waals surface area contributed by atoms with Crippen LogP contribution in [0.3, 0.4) is 0 Å². The van der Waals surface area contributed by atoms with Crippen LogP contribution in [0.15, 0.2) is 16.8 Å². The Balaban J connectivity index is 1.52. The molecule has 1 N–H and O–H groups in total. The van der Waals surface area contributed by atoms with Gasteiger partial charge in [0.25, 0.3) is 0 Å². The molecule has 1 nitrogen and oxygen atoms in total. The standard InChI is InChI=1S/C13H21NS2/c1-11(13(2)4-5-13)14-6-8-16-10-12-3-7-15-9-12/h3,7,9,11,14H,4-6,8,10H2,1-2H3. The third-order valence-electron chi connectivity index (χ3n) is 3.63. The third-order valence-corrected chi connectivity index (χ3v) is 5.39. The molecule has 0 aromatic carbocycles. The Morgan fingerprint density at radius 3 is 3.00 bits per heavy atom. The van der Waals surface area contributed by atoms with Crippen molar-refractivity contribution in [2.24, 2.45) is 5.41 Å². The molecule has 1 heterocycles. The molecule has 0 bridgehead atoms. The minimum atomic E-state index is 0.609. The fourth-order valence-corrected chi connectivity index (χ4v) is 3.38. The molecule has 1 aliphatic rings.